The van der Waals surface area contributed by atoms with E-state index in [0.717, 1.165) is 23.5 Å². The van der Waals surface area contributed by atoms with Gasteiger partial charge in [-0.1, -0.05) is 38.1 Å². The minimum atomic E-state index is -0.774. The Hall–Kier alpha value is -3.51. The second kappa shape index (κ2) is 12.8. The number of halogens is 2. The van der Waals surface area contributed by atoms with Crippen molar-refractivity contribution in [2.24, 2.45) is 0 Å². The number of benzene rings is 1. The first-order chi connectivity index (χ1) is 21.3. The Kier molecular flexibility index (Phi) is 8.91. The van der Waals surface area contributed by atoms with Crippen molar-refractivity contribution < 1.29 is 14.2 Å². The number of aliphatic hydroxyl groups is 1. The molecule has 1 fully saturated rings. The van der Waals surface area contributed by atoms with Crippen LogP contribution >= 0.6 is 23.4 Å². The molecule has 1 N–H and O–H groups in total. The fraction of sp³-hybridized carbons (Fsp3) is 0.375. The molecule has 0 spiro atoms. The van der Waals surface area contributed by atoms with Crippen molar-refractivity contribution in [1.29, 1.82) is 0 Å². The van der Waals surface area contributed by atoms with Gasteiger partial charge in [-0.25, -0.2) is 18.7 Å². The molecule has 2 aliphatic heterocycles. The molecule has 0 aliphatic carbocycles. The molecule has 0 saturated carbocycles. The Bertz CT molecular complexity index is 1780. The predicted octanol–water partition coefficient (Wildman–Crippen LogP) is 5.65. The van der Waals surface area contributed by atoms with Crippen molar-refractivity contribution in [3.63, 3.8) is 0 Å². The zero-order chi connectivity index (χ0) is 31.0. The molecule has 2 bridgehead atoms. The van der Waals surface area contributed by atoms with Crippen molar-refractivity contribution >= 4 is 40.2 Å². The summed E-state index contributed by atoms with van der Waals surface area (Å²) in [5, 5.41) is 11.0. The van der Waals surface area contributed by atoms with E-state index < -0.39 is 17.7 Å². The van der Waals surface area contributed by atoms with Crippen LogP contribution in [0.4, 0.5) is 10.2 Å². The van der Waals surface area contributed by atoms with Crippen LogP contribution in [0.5, 0.6) is 5.75 Å². The third kappa shape index (κ3) is 5.69. The number of pyridine rings is 2. The number of fused-ring (bicyclic) bond motifs is 5. The first kappa shape index (κ1) is 30.5. The number of thioether (sulfide) groups is 1. The Morgan fingerprint density at radius 2 is 1.95 bits per heavy atom. The van der Waals surface area contributed by atoms with Crippen molar-refractivity contribution in [3.05, 3.63) is 76.2 Å². The SMILES string of the molecule is C=CC(O)N1CCN(c2nc(=O)n3c4nc(c(F)cc24)-c2c(Cl)cccc2SCCCCOc2ccnc(C(C)C)c2-3)CC1. The largest absolute Gasteiger partial charge is 0.491 e. The van der Waals surface area contributed by atoms with E-state index in [-0.39, 0.29) is 17.3 Å². The fourth-order valence-electron chi connectivity index (χ4n) is 5.71. The van der Waals surface area contributed by atoms with Gasteiger partial charge in [0.2, 0.25) is 0 Å². The summed E-state index contributed by atoms with van der Waals surface area (Å²) in [5.74, 6) is 0.978. The molecule has 1 unspecified atom stereocenters. The van der Waals surface area contributed by atoms with Gasteiger partial charge in [0, 0.05) is 48.9 Å². The molecular formula is C32H34ClFN6O3S. The average Bonchev–Trinajstić information content (AvgIpc) is 3.02. The van der Waals surface area contributed by atoms with Crippen molar-refractivity contribution in [2.45, 2.75) is 43.7 Å². The molecule has 1 saturated heterocycles. The molecule has 0 radical (unpaired) electrons. The molecule has 1 aromatic carbocycles. The first-order valence-corrected chi connectivity index (χ1v) is 16.1. The van der Waals surface area contributed by atoms with Gasteiger partial charge in [0.25, 0.3) is 0 Å². The lowest BCUT2D eigenvalue weighted by molar-refractivity contribution is 0.0380. The molecule has 12 heteroatoms. The highest BCUT2D eigenvalue weighted by molar-refractivity contribution is 7.99. The Labute approximate surface area is 264 Å². The van der Waals surface area contributed by atoms with Gasteiger partial charge in [0.05, 0.1) is 22.7 Å². The van der Waals surface area contributed by atoms with E-state index in [0.29, 0.717) is 71.7 Å². The third-order valence-corrected chi connectivity index (χ3v) is 9.41. The number of rotatable bonds is 4. The van der Waals surface area contributed by atoms with Gasteiger partial charge in [0.1, 0.15) is 35.0 Å². The fourth-order valence-corrected chi connectivity index (χ4v) is 7.12. The van der Waals surface area contributed by atoms with Crippen LogP contribution in [0.25, 0.3) is 28.0 Å². The molecule has 0 amide bonds. The second-order valence-electron chi connectivity index (χ2n) is 11.1. The molecule has 230 valence electrons. The van der Waals surface area contributed by atoms with Crippen LogP contribution in [0.1, 0.15) is 38.3 Å². The minimum absolute atomic E-state index is 0.0596. The van der Waals surface area contributed by atoms with E-state index in [1.54, 1.807) is 30.1 Å². The smallest absolute Gasteiger partial charge is 0.356 e. The highest BCUT2D eigenvalue weighted by atomic mass is 35.5. The minimum Gasteiger partial charge on any atom is -0.491 e. The molecule has 2 aliphatic rings. The quantitative estimate of drug-likeness (QED) is 0.285. The third-order valence-electron chi connectivity index (χ3n) is 7.95. The van der Waals surface area contributed by atoms with Crippen LogP contribution in [-0.2, 0) is 0 Å². The van der Waals surface area contributed by atoms with Gasteiger partial charge in [0.15, 0.2) is 5.65 Å². The van der Waals surface area contributed by atoms with E-state index >= 15 is 4.39 Å². The van der Waals surface area contributed by atoms with Gasteiger partial charge in [-0.05, 0) is 48.8 Å². The van der Waals surface area contributed by atoms with Gasteiger partial charge in [-0.15, -0.1) is 11.8 Å². The number of piperazine rings is 1. The summed E-state index contributed by atoms with van der Waals surface area (Å²) in [4.78, 5) is 32.8. The van der Waals surface area contributed by atoms with E-state index in [9.17, 15) is 9.90 Å². The topological polar surface area (TPSA) is 96.6 Å². The van der Waals surface area contributed by atoms with E-state index in [2.05, 4.69) is 16.5 Å². The molecule has 6 rings (SSSR count). The summed E-state index contributed by atoms with van der Waals surface area (Å²) in [6, 6.07) is 8.63. The van der Waals surface area contributed by atoms with Crippen molar-refractivity contribution in [3.8, 4) is 22.7 Å². The molecule has 9 nitrogen and oxygen atoms in total. The zero-order valence-electron chi connectivity index (χ0n) is 24.7. The number of hydrogen-bond donors (Lipinski definition) is 1. The molecule has 3 aromatic heterocycles. The van der Waals surface area contributed by atoms with Crippen molar-refractivity contribution in [2.75, 3.05) is 43.4 Å². The monoisotopic (exact) mass is 636 g/mol. The number of aromatic nitrogens is 4. The maximum absolute atomic E-state index is 16.3. The molecule has 1 atom stereocenters. The molecule has 4 aromatic rings. The van der Waals surface area contributed by atoms with Gasteiger partial charge in [-0.3, -0.25) is 9.88 Å². The lowest BCUT2D eigenvalue weighted by Crippen LogP contribution is -2.50. The van der Waals surface area contributed by atoms with Crippen LogP contribution in [0.3, 0.4) is 0 Å². The van der Waals surface area contributed by atoms with Gasteiger partial charge in [-0.2, -0.15) is 4.98 Å². The zero-order valence-corrected chi connectivity index (χ0v) is 26.2. The second-order valence-corrected chi connectivity index (χ2v) is 12.7. The molecular weight excluding hydrogens is 603 g/mol. The van der Waals surface area contributed by atoms with E-state index in [1.165, 1.54) is 16.7 Å². The maximum atomic E-state index is 16.3. The standard InChI is InChI=1S/C32H34ClFN6O3S/c1-4-25(41)38-12-14-39(15-13-38)30-20-18-22(34)28-26-21(33)8-7-9-24(26)44-17-6-5-16-43-23-10-11-35-27(19(2)3)29(23)40(31(20)36-28)32(42)37-30/h4,7-11,18-19,25,41H,1,5-6,12-17H2,2-3H3. The Balaban J connectivity index is 1.66. The lowest BCUT2D eigenvalue weighted by Gasteiger charge is -2.37. The summed E-state index contributed by atoms with van der Waals surface area (Å²) in [7, 11) is 0. The summed E-state index contributed by atoms with van der Waals surface area (Å²) < 4.78 is 24.0. The molecule has 44 heavy (non-hydrogen) atoms. The van der Waals surface area contributed by atoms with Crippen LogP contribution in [0.15, 0.2) is 58.9 Å². The van der Waals surface area contributed by atoms with Crippen LogP contribution in [0, 0.1) is 5.82 Å². The summed E-state index contributed by atoms with van der Waals surface area (Å²) >= 11 is 8.31. The highest BCUT2D eigenvalue weighted by Gasteiger charge is 2.29. The summed E-state index contributed by atoms with van der Waals surface area (Å²) in [6.07, 6.45) is 4.03. The van der Waals surface area contributed by atoms with E-state index in [4.69, 9.17) is 21.3 Å². The average molecular weight is 637 g/mol. The number of nitrogens with zero attached hydrogens (tertiary/aromatic N) is 6. The lowest BCUT2D eigenvalue weighted by atomic mass is 10.1. The number of aliphatic hydroxyl groups excluding tert-OH is 1. The summed E-state index contributed by atoms with van der Waals surface area (Å²) in [6.45, 7) is 10.0. The number of ether oxygens (including phenoxy) is 1. The van der Waals surface area contributed by atoms with Gasteiger partial charge < -0.3 is 14.7 Å². The number of anilines is 1. The van der Waals surface area contributed by atoms with Gasteiger partial charge >= 0.3 is 5.69 Å². The van der Waals surface area contributed by atoms with E-state index in [1.807, 2.05) is 35.8 Å². The van der Waals surface area contributed by atoms with Crippen LogP contribution < -0.4 is 15.3 Å². The Morgan fingerprint density at radius 3 is 2.70 bits per heavy atom. The maximum Gasteiger partial charge on any atom is 0.356 e. The number of hydrogen-bond acceptors (Lipinski definition) is 9. The normalized spacial score (nSPS) is 16.7. The van der Waals surface area contributed by atoms with Crippen molar-refractivity contribution in [1.82, 2.24) is 24.4 Å². The summed E-state index contributed by atoms with van der Waals surface area (Å²) in [5.41, 5.74) is 1.30. The van der Waals surface area contributed by atoms with Crippen LogP contribution in [-0.4, -0.2) is 74.3 Å². The Morgan fingerprint density at radius 1 is 1.16 bits per heavy atom. The predicted molar refractivity (Wildman–Crippen MR) is 173 cm³/mol. The van der Waals surface area contributed by atoms with Crippen LogP contribution in [0.2, 0.25) is 5.02 Å². The first-order valence-electron chi connectivity index (χ1n) is 14.7. The highest BCUT2D eigenvalue weighted by Crippen LogP contribution is 2.40. The molecule has 5 heterocycles.